The van der Waals surface area contributed by atoms with Crippen molar-refractivity contribution in [2.75, 3.05) is 0 Å². The molecule has 1 atom stereocenters. The highest BCUT2D eigenvalue weighted by Crippen LogP contribution is 2.48. The van der Waals surface area contributed by atoms with Crippen LogP contribution in [0.2, 0.25) is 0 Å². The summed E-state index contributed by atoms with van der Waals surface area (Å²) < 4.78 is 0. The zero-order valence-electron chi connectivity index (χ0n) is 15.2. The van der Waals surface area contributed by atoms with Crippen LogP contribution >= 0.6 is 0 Å². The predicted octanol–water partition coefficient (Wildman–Crippen LogP) is 6.72. The van der Waals surface area contributed by atoms with Crippen molar-refractivity contribution >= 4 is 5.97 Å². The molecule has 0 aromatic heterocycles. The molecule has 0 radical (unpaired) electrons. The first kappa shape index (κ1) is 18.8. The first-order valence-corrected chi connectivity index (χ1v) is 10.5. The van der Waals surface area contributed by atoms with Crippen LogP contribution in [-0.2, 0) is 4.79 Å². The fourth-order valence-electron chi connectivity index (χ4n) is 5.14. The number of rotatable bonds is 1. The molecule has 0 bridgehead atoms. The largest absolute Gasteiger partial charge is 0.481 e. The van der Waals surface area contributed by atoms with Crippen molar-refractivity contribution in [2.45, 2.75) is 116 Å². The first-order valence-electron chi connectivity index (χ1n) is 10.5. The van der Waals surface area contributed by atoms with Crippen molar-refractivity contribution in [1.82, 2.24) is 0 Å². The molecule has 0 aromatic carbocycles. The molecule has 0 saturated heterocycles. The average molecular weight is 323 g/mol. The van der Waals surface area contributed by atoms with E-state index in [9.17, 15) is 9.90 Å². The number of carboxylic acid groups (broad SMARTS) is 1. The molecule has 134 valence electrons. The van der Waals surface area contributed by atoms with Crippen LogP contribution < -0.4 is 0 Å². The van der Waals surface area contributed by atoms with Crippen LogP contribution in [0.1, 0.15) is 116 Å². The molecule has 2 aliphatic carbocycles. The summed E-state index contributed by atoms with van der Waals surface area (Å²) in [6.07, 6.45) is 22.8. The molecule has 2 fully saturated rings. The zero-order chi connectivity index (χ0) is 16.4. The summed E-state index contributed by atoms with van der Waals surface area (Å²) in [5.41, 5.74) is 0.129. The van der Waals surface area contributed by atoms with Gasteiger partial charge in [-0.1, -0.05) is 89.9 Å². The lowest BCUT2D eigenvalue weighted by molar-refractivity contribution is -0.149. The smallest absolute Gasteiger partial charge is 0.307 e. The van der Waals surface area contributed by atoms with Gasteiger partial charge in [0.05, 0.1) is 5.92 Å². The third-order valence-corrected chi connectivity index (χ3v) is 6.55. The quantitative estimate of drug-likeness (QED) is 0.581. The van der Waals surface area contributed by atoms with Gasteiger partial charge in [-0.3, -0.25) is 4.79 Å². The van der Waals surface area contributed by atoms with Gasteiger partial charge in [-0.15, -0.1) is 0 Å². The molecule has 0 aromatic rings. The lowest BCUT2D eigenvalue weighted by Crippen LogP contribution is -2.38. The maximum absolute atomic E-state index is 12.0. The molecule has 1 spiro atoms. The molecule has 0 heterocycles. The zero-order valence-corrected chi connectivity index (χ0v) is 15.2. The summed E-state index contributed by atoms with van der Waals surface area (Å²) in [5.74, 6) is -0.579. The minimum atomic E-state index is -0.504. The predicted molar refractivity (Wildman–Crippen MR) is 96.7 cm³/mol. The van der Waals surface area contributed by atoms with Gasteiger partial charge < -0.3 is 5.11 Å². The molecular formula is C21H38O2. The second-order valence-electron chi connectivity index (χ2n) is 8.24. The Bertz CT molecular complexity index is 331. The second-order valence-corrected chi connectivity index (χ2v) is 8.24. The lowest BCUT2D eigenvalue weighted by atomic mass is 9.62. The summed E-state index contributed by atoms with van der Waals surface area (Å²) in [6, 6.07) is 0. The Morgan fingerprint density at radius 3 is 1.39 bits per heavy atom. The maximum atomic E-state index is 12.0. The van der Waals surface area contributed by atoms with E-state index in [1.54, 1.807) is 0 Å². The Morgan fingerprint density at radius 1 is 0.609 bits per heavy atom. The van der Waals surface area contributed by atoms with Gasteiger partial charge in [-0.2, -0.15) is 0 Å². The van der Waals surface area contributed by atoms with E-state index in [1.807, 2.05) is 0 Å². The fourth-order valence-corrected chi connectivity index (χ4v) is 5.14. The molecule has 1 N–H and O–H groups in total. The van der Waals surface area contributed by atoms with Gasteiger partial charge in [0.2, 0.25) is 0 Å². The van der Waals surface area contributed by atoms with Crippen molar-refractivity contribution in [1.29, 1.82) is 0 Å². The molecule has 2 saturated carbocycles. The number of carbonyl (C=O) groups is 1. The van der Waals surface area contributed by atoms with Crippen LogP contribution in [0.3, 0.4) is 0 Å². The van der Waals surface area contributed by atoms with Crippen LogP contribution in [0.15, 0.2) is 0 Å². The highest BCUT2D eigenvalue weighted by molar-refractivity contribution is 5.71. The fraction of sp³-hybridized carbons (Fsp3) is 0.952. The van der Waals surface area contributed by atoms with Gasteiger partial charge in [0.1, 0.15) is 0 Å². The summed E-state index contributed by atoms with van der Waals surface area (Å²) >= 11 is 0. The van der Waals surface area contributed by atoms with Gasteiger partial charge in [0, 0.05) is 0 Å². The lowest BCUT2D eigenvalue weighted by Gasteiger charge is -2.42. The van der Waals surface area contributed by atoms with E-state index in [0.717, 1.165) is 12.8 Å². The average Bonchev–Trinajstić information content (AvgIpc) is 2.55. The minimum Gasteiger partial charge on any atom is -0.481 e. The highest BCUT2D eigenvalue weighted by atomic mass is 16.4. The number of hydrogen-bond acceptors (Lipinski definition) is 1. The van der Waals surface area contributed by atoms with E-state index in [0.29, 0.717) is 0 Å². The Balaban J connectivity index is 2.00. The van der Waals surface area contributed by atoms with Crippen LogP contribution in [-0.4, -0.2) is 11.1 Å². The van der Waals surface area contributed by atoms with Gasteiger partial charge in [-0.25, -0.2) is 0 Å². The van der Waals surface area contributed by atoms with Crippen molar-refractivity contribution in [3.63, 3.8) is 0 Å². The van der Waals surface area contributed by atoms with E-state index in [-0.39, 0.29) is 11.3 Å². The van der Waals surface area contributed by atoms with Crippen molar-refractivity contribution in [2.24, 2.45) is 11.3 Å². The Labute approximate surface area is 143 Å². The number of carboxylic acids is 1. The number of aliphatic carboxylic acids is 1. The summed E-state index contributed by atoms with van der Waals surface area (Å²) in [6.45, 7) is 0. The third-order valence-electron chi connectivity index (χ3n) is 6.55. The Morgan fingerprint density at radius 2 is 0.957 bits per heavy atom. The monoisotopic (exact) mass is 322 g/mol. The molecule has 0 aliphatic heterocycles. The van der Waals surface area contributed by atoms with E-state index in [2.05, 4.69) is 0 Å². The SMILES string of the molecule is O=C(O)C1CCCCCCCCCCCCCC12CCCCC2. The van der Waals surface area contributed by atoms with Crippen molar-refractivity contribution in [3.8, 4) is 0 Å². The van der Waals surface area contributed by atoms with Crippen LogP contribution in [0.25, 0.3) is 0 Å². The number of hydrogen-bond donors (Lipinski definition) is 1. The first-order chi connectivity index (χ1) is 11.2. The van der Waals surface area contributed by atoms with Gasteiger partial charge in [0.25, 0.3) is 0 Å². The van der Waals surface area contributed by atoms with Crippen molar-refractivity contribution < 1.29 is 9.90 Å². The van der Waals surface area contributed by atoms with Gasteiger partial charge in [-0.05, 0) is 31.1 Å². The summed E-state index contributed by atoms with van der Waals surface area (Å²) in [7, 11) is 0. The Kier molecular flexibility index (Phi) is 8.47. The topological polar surface area (TPSA) is 37.3 Å². The van der Waals surface area contributed by atoms with E-state index in [1.165, 1.54) is 103 Å². The standard InChI is InChI=1S/C21H38O2/c22-20(23)19-15-11-8-6-4-2-1-3-5-7-9-12-16-21(19)17-13-10-14-18-21/h19H,1-18H2,(H,22,23). The van der Waals surface area contributed by atoms with Crippen LogP contribution in [0, 0.1) is 11.3 Å². The molecule has 2 heteroatoms. The molecular weight excluding hydrogens is 284 g/mol. The van der Waals surface area contributed by atoms with Crippen molar-refractivity contribution in [3.05, 3.63) is 0 Å². The van der Waals surface area contributed by atoms with Gasteiger partial charge >= 0.3 is 5.97 Å². The van der Waals surface area contributed by atoms with Gasteiger partial charge in [0.15, 0.2) is 0 Å². The summed E-state index contributed by atoms with van der Waals surface area (Å²) in [5, 5.41) is 9.91. The molecule has 2 aliphatic rings. The molecule has 0 amide bonds. The molecule has 1 unspecified atom stereocenters. The van der Waals surface area contributed by atoms with E-state index in [4.69, 9.17) is 0 Å². The highest BCUT2D eigenvalue weighted by Gasteiger charge is 2.42. The minimum absolute atomic E-state index is 0.0760. The molecule has 2 rings (SSSR count). The molecule has 23 heavy (non-hydrogen) atoms. The summed E-state index contributed by atoms with van der Waals surface area (Å²) in [4.78, 5) is 12.0. The van der Waals surface area contributed by atoms with E-state index >= 15 is 0 Å². The maximum Gasteiger partial charge on any atom is 0.307 e. The second kappa shape index (κ2) is 10.4. The van der Waals surface area contributed by atoms with E-state index < -0.39 is 5.97 Å². The Hall–Kier alpha value is -0.530. The van der Waals surface area contributed by atoms with Crippen LogP contribution in [0.5, 0.6) is 0 Å². The third kappa shape index (κ3) is 6.12. The molecule has 2 nitrogen and oxygen atoms in total. The normalized spacial score (nSPS) is 28.6. The van der Waals surface area contributed by atoms with Crippen LogP contribution in [0.4, 0.5) is 0 Å².